The van der Waals surface area contributed by atoms with Gasteiger partial charge >= 0.3 is 0 Å². The Bertz CT molecular complexity index is 230. The van der Waals surface area contributed by atoms with Crippen LogP contribution in [-0.4, -0.2) is 48.0 Å². The lowest BCUT2D eigenvalue weighted by Gasteiger charge is -2.38. The molecule has 3 atom stereocenters. The second kappa shape index (κ2) is 4.04. The third-order valence-corrected chi connectivity index (χ3v) is 4.18. The smallest absolute Gasteiger partial charge is 0.0730 e. The van der Waals surface area contributed by atoms with Gasteiger partial charge in [0, 0.05) is 19.1 Å². The highest BCUT2D eigenvalue weighted by Gasteiger charge is 2.38. The molecule has 3 fully saturated rings. The van der Waals surface area contributed by atoms with Crippen LogP contribution in [0.1, 0.15) is 32.1 Å². The Morgan fingerprint density at radius 1 is 1.27 bits per heavy atom. The molecule has 3 unspecified atom stereocenters. The van der Waals surface area contributed by atoms with E-state index in [4.69, 9.17) is 4.74 Å². The lowest BCUT2D eigenvalue weighted by Crippen LogP contribution is -2.51. The summed E-state index contributed by atoms with van der Waals surface area (Å²) in [5.74, 6) is 0.604. The standard InChI is InChI=1S/C12H21NO2/c14-11(9-4-5-9)8-13-6-7-15-12-3-1-2-10(12)13/h9-12,14H,1-8H2. The Morgan fingerprint density at radius 3 is 2.93 bits per heavy atom. The fraction of sp³-hybridized carbons (Fsp3) is 1.00. The van der Waals surface area contributed by atoms with Crippen molar-refractivity contribution >= 4 is 0 Å². The van der Waals surface area contributed by atoms with Gasteiger partial charge in [-0.05, 0) is 38.0 Å². The summed E-state index contributed by atoms with van der Waals surface area (Å²) in [5, 5.41) is 9.98. The molecule has 1 saturated heterocycles. The molecular formula is C12H21NO2. The van der Waals surface area contributed by atoms with Crippen molar-refractivity contribution in [1.29, 1.82) is 0 Å². The maximum Gasteiger partial charge on any atom is 0.0730 e. The van der Waals surface area contributed by atoms with Crippen LogP contribution in [0.15, 0.2) is 0 Å². The second-order valence-electron chi connectivity index (χ2n) is 5.31. The van der Waals surface area contributed by atoms with E-state index in [0.29, 0.717) is 18.1 Å². The van der Waals surface area contributed by atoms with E-state index in [-0.39, 0.29) is 6.10 Å². The van der Waals surface area contributed by atoms with E-state index >= 15 is 0 Å². The lowest BCUT2D eigenvalue weighted by atomic mass is 10.1. The molecular weight excluding hydrogens is 190 g/mol. The van der Waals surface area contributed by atoms with Crippen molar-refractivity contribution in [3.8, 4) is 0 Å². The van der Waals surface area contributed by atoms with Crippen molar-refractivity contribution in [1.82, 2.24) is 4.90 Å². The van der Waals surface area contributed by atoms with Crippen molar-refractivity contribution in [3.05, 3.63) is 0 Å². The molecule has 2 aliphatic carbocycles. The van der Waals surface area contributed by atoms with Gasteiger partial charge < -0.3 is 9.84 Å². The molecule has 0 aromatic heterocycles. The molecule has 0 radical (unpaired) electrons. The summed E-state index contributed by atoms with van der Waals surface area (Å²) in [6.07, 6.45) is 6.64. The zero-order valence-electron chi connectivity index (χ0n) is 9.27. The van der Waals surface area contributed by atoms with Gasteiger partial charge in [0.25, 0.3) is 0 Å². The number of aliphatic hydroxyl groups excluding tert-OH is 1. The number of fused-ring (bicyclic) bond motifs is 1. The SMILES string of the molecule is OC(CN1CCOC2CCCC21)C1CC1. The molecule has 3 rings (SSSR count). The van der Waals surface area contributed by atoms with Crippen molar-refractivity contribution in [3.63, 3.8) is 0 Å². The fourth-order valence-corrected chi connectivity index (χ4v) is 3.10. The summed E-state index contributed by atoms with van der Waals surface area (Å²) >= 11 is 0. The first-order valence-corrected chi connectivity index (χ1v) is 6.38. The summed E-state index contributed by atoms with van der Waals surface area (Å²) < 4.78 is 5.77. The molecule has 0 aromatic carbocycles. The van der Waals surface area contributed by atoms with Crippen LogP contribution in [0.3, 0.4) is 0 Å². The largest absolute Gasteiger partial charge is 0.392 e. The third kappa shape index (κ3) is 2.05. The minimum atomic E-state index is -0.0793. The van der Waals surface area contributed by atoms with Crippen LogP contribution < -0.4 is 0 Å². The number of β-amino-alcohol motifs (C(OH)–C–C–N with tert-alkyl or cyclic N) is 1. The van der Waals surface area contributed by atoms with Crippen molar-refractivity contribution < 1.29 is 9.84 Å². The highest BCUT2D eigenvalue weighted by molar-refractivity contribution is 4.92. The molecule has 2 saturated carbocycles. The molecule has 1 heterocycles. The van der Waals surface area contributed by atoms with Gasteiger partial charge in [-0.25, -0.2) is 0 Å². The molecule has 0 spiro atoms. The van der Waals surface area contributed by atoms with E-state index in [1.54, 1.807) is 0 Å². The molecule has 86 valence electrons. The Labute approximate surface area is 91.4 Å². The summed E-state index contributed by atoms with van der Waals surface area (Å²) in [5.41, 5.74) is 0. The fourth-order valence-electron chi connectivity index (χ4n) is 3.10. The molecule has 15 heavy (non-hydrogen) atoms. The van der Waals surface area contributed by atoms with Gasteiger partial charge in [0.05, 0.1) is 18.8 Å². The number of hydrogen-bond donors (Lipinski definition) is 1. The van der Waals surface area contributed by atoms with Gasteiger partial charge in [-0.3, -0.25) is 4.90 Å². The van der Waals surface area contributed by atoms with Crippen LogP contribution in [0.4, 0.5) is 0 Å². The third-order valence-electron chi connectivity index (χ3n) is 4.18. The number of ether oxygens (including phenoxy) is 1. The number of aliphatic hydroxyl groups is 1. The van der Waals surface area contributed by atoms with Gasteiger partial charge in [0.15, 0.2) is 0 Å². The maximum absolute atomic E-state index is 9.98. The van der Waals surface area contributed by atoms with Gasteiger partial charge in [0.1, 0.15) is 0 Å². The normalized spacial score (nSPS) is 39.0. The second-order valence-corrected chi connectivity index (χ2v) is 5.31. The van der Waals surface area contributed by atoms with Gasteiger partial charge in [-0.15, -0.1) is 0 Å². The van der Waals surface area contributed by atoms with E-state index in [0.717, 1.165) is 19.7 Å². The molecule has 3 nitrogen and oxygen atoms in total. The number of morpholine rings is 1. The average molecular weight is 211 g/mol. The van der Waals surface area contributed by atoms with Crippen molar-refractivity contribution in [2.75, 3.05) is 19.7 Å². The highest BCUT2D eigenvalue weighted by Crippen LogP contribution is 2.35. The average Bonchev–Trinajstić information content (AvgIpc) is 2.97. The van der Waals surface area contributed by atoms with Gasteiger partial charge in [0.2, 0.25) is 0 Å². The first kappa shape index (κ1) is 10.1. The van der Waals surface area contributed by atoms with E-state index in [1.807, 2.05) is 0 Å². The first-order valence-electron chi connectivity index (χ1n) is 6.38. The summed E-state index contributed by atoms with van der Waals surface area (Å²) in [6, 6.07) is 0.604. The molecule has 1 aliphatic heterocycles. The first-order chi connectivity index (χ1) is 7.34. The number of rotatable bonds is 3. The summed E-state index contributed by atoms with van der Waals surface area (Å²) in [7, 11) is 0. The topological polar surface area (TPSA) is 32.7 Å². The van der Waals surface area contributed by atoms with Crippen molar-refractivity contribution in [2.45, 2.75) is 50.4 Å². The molecule has 3 aliphatic rings. The Balaban J connectivity index is 1.58. The Hall–Kier alpha value is -0.120. The molecule has 0 aromatic rings. The predicted molar refractivity (Wildman–Crippen MR) is 57.7 cm³/mol. The van der Waals surface area contributed by atoms with Crippen molar-refractivity contribution in [2.24, 2.45) is 5.92 Å². The molecule has 0 bridgehead atoms. The van der Waals surface area contributed by atoms with Crippen LogP contribution in [0.5, 0.6) is 0 Å². The summed E-state index contributed by atoms with van der Waals surface area (Å²) in [6.45, 7) is 2.76. The van der Waals surface area contributed by atoms with Gasteiger partial charge in [-0.1, -0.05) is 0 Å². The highest BCUT2D eigenvalue weighted by atomic mass is 16.5. The van der Waals surface area contributed by atoms with Crippen LogP contribution in [0.2, 0.25) is 0 Å². The predicted octanol–water partition coefficient (Wildman–Crippen LogP) is 1.01. The number of hydrogen-bond acceptors (Lipinski definition) is 3. The van der Waals surface area contributed by atoms with Crippen LogP contribution in [0.25, 0.3) is 0 Å². The van der Waals surface area contributed by atoms with Crippen LogP contribution >= 0.6 is 0 Å². The molecule has 3 heteroatoms. The quantitative estimate of drug-likeness (QED) is 0.756. The van der Waals surface area contributed by atoms with E-state index in [2.05, 4.69) is 4.90 Å². The summed E-state index contributed by atoms with van der Waals surface area (Å²) in [4.78, 5) is 2.48. The monoisotopic (exact) mass is 211 g/mol. The molecule has 0 amide bonds. The van der Waals surface area contributed by atoms with Crippen LogP contribution in [-0.2, 0) is 4.74 Å². The zero-order chi connectivity index (χ0) is 10.3. The van der Waals surface area contributed by atoms with E-state index < -0.39 is 0 Å². The Morgan fingerprint density at radius 2 is 2.13 bits per heavy atom. The lowest BCUT2D eigenvalue weighted by molar-refractivity contribution is -0.0689. The van der Waals surface area contributed by atoms with E-state index in [9.17, 15) is 5.11 Å². The minimum absolute atomic E-state index is 0.0793. The Kier molecular flexibility index (Phi) is 2.71. The number of nitrogens with zero attached hydrogens (tertiary/aromatic N) is 1. The molecule has 1 N–H and O–H groups in total. The minimum Gasteiger partial charge on any atom is -0.392 e. The maximum atomic E-state index is 9.98. The van der Waals surface area contributed by atoms with Gasteiger partial charge in [-0.2, -0.15) is 0 Å². The van der Waals surface area contributed by atoms with Crippen LogP contribution in [0, 0.1) is 5.92 Å². The van der Waals surface area contributed by atoms with E-state index in [1.165, 1.54) is 32.1 Å². The zero-order valence-corrected chi connectivity index (χ0v) is 9.27.